The van der Waals surface area contributed by atoms with E-state index in [1.165, 1.54) is 11.8 Å². The van der Waals surface area contributed by atoms with Gasteiger partial charge in [-0.15, -0.1) is 10.2 Å². The second kappa shape index (κ2) is 8.33. The van der Waals surface area contributed by atoms with Crippen LogP contribution < -0.4 is 0 Å². The highest BCUT2D eigenvalue weighted by Gasteiger charge is 2.30. The standard InChI is InChI=1S/C22H20N4O3S/c27-21(26-10-12-28-13-11-26)19(15-6-2-1-3-7-15)30-22-25-24-20(29-22)17-14-23-18-9-5-4-8-16(17)18/h1-9,14,19,23H,10-13H2/t19-/m0/s1. The predicted molar refractivity (Wildman–Crippen MR) is 114 cm³/mol. The Morgan fingerprint density at radius 2 is 1.80 bits per heavy atom. The van der Waals surface area contributed by atoms with Crippen LogP contribution in [0.2, 0.25) is 0 Å². The Hall–Kier alpha value is -3.10. The Kier molecular flexibility index (Phi) is 5.25. The third-order valence-electron chi connectivity index (χ3n) is 5.09. The van der Waals surface area contributed by atoms with Gasteiger partial charge in [-0.25, -0.2) is 0 Å². The first-order chi connectivity index (χ1) is 14.8. The van der Waals surface area contributed by atoms with Crippen molar-refractivity contribution in [3.05, 3.63) is 66.4 Å². The SMILES string of the molecule is O=C([C@@H](Sc1nnc(-c2c[nH]c3ccccc23)o1)c1ccccc1)N1CCOCC1. The lowest BCUT2D eigenvalue weighted by Gasteiger charge is -2.29. The summed E-state index contributed by atoms with van der Waals surface area (Å²) in [6.07, 6.45) is 1.86. The van der Waals surface area contributed by atoms with Crippen molar-refractivity contribution in [1.29, 1.82) is 0 Å². The third kappa shape index (κ3) is 3.71. The van der Waals surface area contributed by atoms with Crippen molar-refractivity contribution in [2.45, 2.75) is 10.5 Å². The Labute approximate surface area is 177 Å². The number of aromatic nitrogens is 3. The summed E-state index contributed by atoms with van der Waals surface area (Å²) in [5.41, 5.74) is 2.76. The second-order valence-corrected chi connectivity index (χ2v) is 8.02. The minimum atomic E-state index is -0.458. The summed E-state index contributed by atoms with van der Waals surface area (Å²) in [6.45, 7) is 2.30. The molecule has 0 bridgehead atoms. The zero-order valence-corrected chi connectivity index (χ0v) is 17.0. The number of rotatable bonds is 5. The van der Waals surface area contributed by atoms with Crippen LogP contribution in [-0.4, -0.2) is 52.3 Å². The summed E-state index contributed by atoms with van der Waals surface area (Å²) >= 11 is 1.28. The first kappa shape index (κ1) is 18.9. The van der Waals surface area contributed by atoms with Crippen molar-refractivity contribution >= 4 is 28.6 Å². The van der Waals surface area contributed by atoms with Crippen molar-refractivity contribution in [2.75, 3.05) is 26.3 Å². The number of carbonyl (C=O) groups excluding carboxylic acids is 1. The van der Waals surface area contributed by atoms with Gasteiger partial charge in [0.25, 0.3) is 11.1 Å². The molecule has 30 heavy (non-hydrogen) atoms. The fraction of sp³-hybridized carbons (Fsp3) is 0.227. The molecule has 1 N–H and O–H groups in total. The zero-order chi connectivity index (χ0) is 20.3. The number of para-hydroxylation sites is 1. The van der Waals surface area contributed by atoms with Crippen LogP contribution in [0.4, 0.5) is 0 Å². The number of morpholine rings is 1. The average Bonchev–Trinajstić information content (AvgIpc) is 3.45. The molecule has 1 aliphatic heterocycles. The van der Waals surface area contributed by atoms with Crippen LogP contribution in [0.5, 0.6) is 0 Å². The fourth-order valence-corrected chi connectivity index (χ4v) is 4.51. The molecule has 1 atom stereocenters. The van der Waals surface area contributed by atoms with Gasteiger partial charge in [0, 0.05) is 30.2 Å². The second-order valence-electron chi connectivity index (χ2n) is 6.97. The molecular weight excluding hydrogens is 400 g/mol. The minimum absolute atomic E-state index is 0.0290. The number of thioether (sulfide) groups is 1. The number of amides is 1. The zero-order valence-electron chi connectivity index (χ0n) is 16.2. The van der Waals surface area contributed by atoms with E-state index in [2.05, 4.69) is 15.2 Å². The van der Waals surface area contributed by atoms with Gasteiger partial charge in [-0.3, -0.25) is 4.79 Å². The first-order valence-electron chi connectivity index (χ1n) is 9.78. The molecule has 2 aromatic heterocycles. The van der Waals surface area contributed by atoms with Crippen molar-refractivity contribution in [3.63, 3.8) is 0 Å². The van der Waals surface area contributed by atoms with E-state index in [1.807, 2.05) is 65.7 Å². The van der Waals surface area contributed by atoms with Crippen LogP contribution in [0.25, 0.3) is 22.4 Å². The molecule has 2 aromatic carbocycles. The Bertz CT molecular complexity index is 1150. The van der Waals surface area contributed by atoms with Gasteiger partial charge in [0.05, 0.1) is 18.8 Å². The fourth-order valence-electron chi connectivity index (χ4n) is 3.55. The molecule has 1 fully saturated rings. The van der Waals surface area contributed by atoms with E-state index < -0.39 is 5.25 Å². The number of fused-ring (bicyclic) bond motifs is 1. The van der Waals surface area contributed by atoms with Gasteiger partial charge in [-0.2, -0.15) is 0 Å². The van der Waals surface area contributed by atoms with Crippen LogP contribution in [-0.2, 0) is 9.53 Å². The van der Waals surface area contributed by atoms with E-state index in [9.17, 15) is 4.79 Å². The van der Waals surface area contributed by atoms with Gasteiger partial charge in [0.15, 0.2) is 0 Å². The Morgan fingerprint density at radius 1 is 1.03 bits per heavy atom. The molecule has 0 radical (unpaired) electrons. The highest BCUT2D eigenvalue weighted by atomic mass is 32.2. The van der Waals surface area contributed by atoms with E-state index >= 15 is 0 Å². The quantitative estimate of drug-likeness (QED) is 0.493. The van der Waals surface area contributed by atoms with E-state index in [4.69, 9.17) is 9.15 Å². The molecule has 5 rings (SSSR count). The molecule has 1 saturated heterocycles. The van der Waals surface area contributed by atoms with Crippen LogP contribution in [0.1, 0.15) is 10.8 Å². The van der Waals surface area contributed by atoms with Crippen molar-refractivity contribution < 1.29 is 13.9 Å². The van der Waals surface area contributed by atoms with Crippen LogP contribution in [0.3, 0.4) is 0 Å². The molecule has 0 unspecified atom stereocenters. The Balaban J connectivity index is 1.43. The number of H-pyrrole nitrogens is 1. The molecule has 8 heteroatoms. The van der Waals surface area contributed by atoms with E-state index in [-0.39, 0.29) is 5.91 Å². The van der Waals surface area contributed by atoms with E-state index in [1.54, 1.807) is 0 Å². The molecule has 3 heterocycles. The van der Waals surface area contributed by atoms with Gasteiger partial charge < -0.3 is 19.0 Å². The topological polar surface area (TPSA) is 84.2 Å². The van der Waals surface area contributed by atoms with Gasteiger partial charge in [-0.1, -0.05) is 48.5 Å². The minimum Gasteiger partial charge on any atom is -0.411 e. The summed E-state index contributed by atoms with van der Waals surface area (Å²) in [4.78, 5) is 18.3. The molecule has 1 amide bonds. The molecular formula is C22H20N4O3S. The lowest BCUT2D eigenvalue weighted by atomic mass is 10.1. The molecule has 7 nitrogen and oxygen atoms in total. The lowest BCUT2D eigenvalue weighted by Crippen LogP contribution is -2.42. The number of ether oxygens (including phenoxy) is 1. The van der Waals surface area contributed by atoms with Crippen LogP contribution in [0, 0.1) is 0 Å². The van der Waals surface area contributed by atoms with Crippen molar-refractivity contribution in [2.24, 2.45) is 0 Å². The first-order valence-corrected chi connectivity index (χ1v) is 10.7. The number of carbonyl (C=O) groups is 1. The molecule has 0 spiro atoms. The number of nitrogens with one attached hydrogen (secondary N) is 1. The highest BCUT2D eigenvalue weighted by molar-refractivity contribution is 8.00. The average molecular weight is 420 g/mol. The van der Waals surface area contributed by atoms with Crippen molar-refractivity contribution in [1.82, 2.24) is 20.1 Å². The number of aromatic amines is 1. The normalized spacial score (nSPS) is 15.4. The summed E-state index contributed by atoms with van der Waals surface area (Å²) in [5, 5.41) is 9.36. The molecule has 0 aliphatic carbocycles. The van der Waals surface area contributed by atoms with Gasteiger partial charge in [-0.05, 0) is 23.4 Å². The summed E-state index contributed by atoms with van der Waals surface area (Å²) in [5.74, 6) is 0.460. The maximum absolute atomic E-state index is 13.3. The monoisotopic (exact) mass is 420 g/mol. The van der Waals surface area contributed by atoms with Gasteiger partial charge in [0.2, 0.25) is 5.91 Å². The molecule has 1 aliphatic rings. The molecule has 4 aromatic rings. The predicted octanol–water partition coefficient (Wildman–Crippen LogP) is 3.91. The Morgan fingerprint density at radius 3 is 2.63 bits per heavy atom. The third-order valence-corrected chi connectivity index (χ3v) is 6.17. The van der Waals surface area contributed by atoms with E-state index in [0.717, 1.165) is 22.0 Å². The summed E-state index contributed by atoms with van der Waals surface area (Å²) in [7, 11) is 0. The van der Waals surface area contributed by atoms with Crippen LogP contribution in [0.15, 0.2) is 70.4 Å². The van der Waals surface area contributed by atoms with Crippen LogP contribution >= 0.6 is 11.8 Å². The molecule has 152 valence electrons. The lowest BCUT2D eigenvalue weighted by molar-refractivity contribution is -0.134. The summed E-state index contributed by atoms with van der Waals surface area (Å²) in [6, 6.07) is 17.6. The van der Waals surface area contributed by atoms with Gasteiger partial charge >= 0.3 is 0 Å². The highest BCUT2D eigenvalue weighted by Crippen LogP contribution is 2.38. The number of nitrogens with zero attached hydrogens (tertiary/aromatic N) is 3. The van der Waals surface area contributed by atoms with Gasteiger partial charge in [0.1, 0.15) is 5.25 Å². The maximum Gasteiger partial charge on any atom is 0.277 e. The summed E-state index contributed by atoms with van der Waals surface area (Å²) < 4.78 is 11.3. The molecule has 0 saturated carbocycles. The number of hydrogen-bond acceptors (Lipinski definition) is 6. The largest absolute Gasteiger partial charge is 0.411 e. The number of benzene rings is 2. The smallest absolute Gasteiger partial charge is 0.277 e. The number of hydrogen-bond donors (Lipinski definition) is 1. The maximum atomic E-state index is 13.3. The van der Waals surface area contributed by atoms with Crippen molar-refractivity contribution in [3.8, 4) is 11.5 Å². The van der Waals surface area contributed by atoms with E-state index in [0.29, 0.717) is 37.4 Å².